The number of aliphatic hydroxyl groups excluding tert-OH is 1. The minimum atomic E-state index is -2.29. The Labute approximate surface area is 242 Å². The normalized spacial score (nSPS) is 46.6. The first-order valence-corrected chi connectivity index (χ1v) is 15.6. The van der Waals surface area contributed by atoms with E-state index in [9.17, 15) is 29.4 Å². The van der Waals surface area contributed by atoms with E-state index in [1.54, 1.807) is 0 Å². The van der Waals surface area contributed by atoms with E-state index in [1.807, 2.05) is 34.6 Å². The molecule has 0 aromatic rings. The summed E-state index contributed by atoms with van der Waals surface area (Å²) in [7, 11) is 0. The van der Waals surface area contributed by atoms with Crippen LogP contribution in [-0.2, 0) is 28.7 Å². The molecule has 7 aliphatic rings. The molecular weight excluding hydrogens is 524 g/mol. The van der Waals surface area contributed by atoms with Gasteiger partial charge in [0.15, 0.2) is 5.78 Å². The average molecular weight is 571 g/mol. The van der Waals surface area contributed by atoms with Gasteiger partial charge < -0.3 is 19.7 Å². The molecule has 0 amide bonds. The molecule has 7 fully saturated rings. The third-order valence-electron chi connectivity index (χ3n) is 12.4. The molecule has 0 radical (unpaired) electrons. The van der Waals surface area contributed by atoms with Crippen molar-refractivity contribution in [2.45, 2.75) is 110 Å². The number of carbonyl (C=O) groups is 4. The minimum absolute atomic E-state index is 0.0380. The van der Waals surface area contributed by atoms with Gasteiger partial charge in [0, 0.05) is 30.1 Å². The SMILES string of the molecule is C=C1C(=O)[C@]23[C@H](OC(=O)C4CCC(CC(=O)C(C)(C)C)CC4)[C@H]1CC[C@H]2[C@@]12CO[C@@]3(O)[C@@H](O)[C@@H]1C(C)(C)CCC2=O. The molecule has 8 atom stereocenters. The van der Waals surface area contributed by atoms with E-state index in [2.05, 4.69) is 6.58 Å². The lowest BCUT2D eigenvalue weighted by Crippen LogP contribution is -2.85. The summed E-state index contributed by atoms with van der Waals surface area (Å²) in [6, 6.07) is 0. The zero-order valence-corrected chi connectivity index (χ0v) is 25.2. The van der Waals surface area contributed by atoms with Crippen LogP contribution in [0.15, 0.2) is 12.2 Å². The van der Waals surface area contributed by atoms with Gasteiger partial charge in [-0.05, 0) is 67.8 Å². The molecule has 0 aromatic carbocycles. The summed E-state index contributed by atoms with van der Waals surface area (Å²) in [5.74, 6) is -4.80. The minimum Gasteiger partial charge on any atom is -0.460 e. The Kier molecular flexibility index (Phi) is 6.45. The molecule has 4 bridgehead atoms. The molecule has 8 heteroatoms. The van der Waals surface area contributed by atoms with Crippen molar-refractivity contribution in [3.8, 4) is 0 Å². The smallest absolute Gasteiger partial charge is 0.309 e. The molecule has 0 aromatic heterocycles. The van der Waals surface area contributed by atoms with Crippen LogP contribution < -0.4 is 0 Å². The number of ketones is 3. The second-order valence-electron chi connectivity index (χ2n) is 15.8. The predicted molar refractivity (Wildman–Crippen MR) is 148 cm³/mol. The van der Waals surface area contributed by atoms with Crippen molar-refractivity contribution in [2.24, 2.45) is 51.2 Å². The van der Waals surface area contributed by atoms with Gasteiger partial charge in [0.1, 0.15) is 29.2 Å². The fourth-order valence-corrected chi connectivity index (χ4v) is 10.2. The molecule has 2 saturated heterocycles. The van der Waals surface area contributed by atoms with Gasteiger partial charge in [0.05, 0.1) is 17.9 Å². The van der Waals surface area contributed by atoms with Gasteiger partial charge in [0.25, 0.3) is 0 Å². The van der Waals surface area contributed by atoms with Crippen molar-refractivity contribution >= 4 is 23.3 Å². The molecule has 2 aliphatic heterocycles. The molecule has 226 valence electrons. The Morgan fingerprint density at radius 3 is 2.37 bits per heavy atom. The first kappa shape index (κ1) is 29.2. The van der Waals surface area contributed by atoms with Crippen LogP contribution >= 0.6 is 0 Å². The zero-order chi connectivity index (χ0) is 29.9. The number of fused-ring (bicyclic) bond motifs is 2. The van der Waals surface area contributed by atoms with Crippen molar-refractivity contribution in [1.29, 1.82) is 0 Å². The average Bonchev–Trinajstić information content (AvgIpc) is 3.01. The van der Waals surface area contributed by atoms with Crippen molar-refractivity contribution in [2.75, 3.05) is 6.61 Å². The number of esters is 1. The van der Waals surface area contributed by atoms with Gasteiger partial charge in [-0.15, -0.1) is 0 Å². The standard InChI is InChI=1S/C33H46O8/c1-17-20-11-12-21-31-16-40-33(39,26(37)24(31)30(5,6)14-13-22(31)34)32(21,25(17)36)27(20)41-28(38)19-9-7-18(8-10-19)15-23(35)29(2,3)4/h18-21,24,26-27,37,39H,1,7-16H2,2-6H3/t18?,19?,20-,21-,24+,26-,27+,31+,32-,33-/m0/s1. The van der Waals surface area contributed by atoms with Gasteiger partial charge in [-0.1, -0.05) is 41.2 Å². The van der Waals surface area contributed by atoms with Gasteiger partial charge in [0.2, 0.25) is 5.79 Å². The number of ether oxygens (including phenoxy) is 2. The number of carbonyl (C=O) groups excluding carboxylic acids is 4. The lowest BCUT2D eigenvalue weighted by molar-refractivity contribution is -0.437. The summed E-state index contributed by atoms with van der Waals surface area (Å²) in [6.45, 7) is 13.8. The first-order valence-electron chi connectivity index (χ1n) is 15.6. The van der Waals surface area contributed by atoms with Crippen molar-refractivity contribution in [3.63, 3.8) is 0 Å². The van der Waals surface area contributed by atoms with E-state index in [-0.39, 0.29) is 41.0 Å². The Balaban J connectivity index is 1.31. The largest absolute Gasteiger partial charge is 0.460 e. The monoisotopic (exact) mass is 570 g/mol. The maximum absolute atomic E-state index is 14.2. The summed E-state index contributed by atoms with van der Waals surface area (Å²) in [4.78, 5) is 54.4. The summed E-state index contributed by atoms with van der Waals surface area (Å²) in [5, 5.41) is 24.2. The second kappa shape index (κ2) is 9.06. The molecule has 5 aliphatic carbocycles. The predicted octanol–water partition coefficient (Wildman–Crippen LogP) is 3.95. The molecule has 2 spiro atoms. The quantitative estimate of drug-likeness (QED) is 0.384. The molecule has 2 N–H and O–H groups in total. The molecule has 0 unspecified atom stereocenters. The van der Waals surface area contributed by atoms with Crippen molar-refractivity contribution in [1.82, 2.24) is 0 Å². The van der Waals surface area contributed by atoms with Crippen LogP contribution in [0.2, 0.25) is 0 Å². The van der Waals surface area contributed by atoms with Crippen LogP contribution in [0.25, 0.3) is 0 Å². The van der Waals surface area contributed by atoms with E-state index in [0.717, 1.165) is 12.8 Å². The third kappa shape index (κ3) is 3.62. The highest BCUT2D eigenvalue weighted by molar-refractivity contribution is 6.06. The molecule has 2 heterocycles. The highest BCUT2D eigenvalue weighted by Crippen LogP contribution is 2.76. The Bertz CT molecular complexity index is 1200. The number of rotatable bonds is 4. The van der Waals surface area contributed by atoms with Crippen LogP contribution in [0.4, 0.5) is 0 Å². The van der Waals surface area contributed by atoms with Gasteiger partial charge >= 0.3 is 5.97 Å². The van der Waals surface area contributed by atoms with Crippen LogP contribution in [0.5, 0.6) is 0 Å². The molecule has 8 nitrogen and oxygen atoms in total. The number of aliphatic hydroxyl groups is 2. The van der Waals surface area contributed by atoms with Gasteiger partial charge in [-0.3, -0.25) is 19.2 Å². The number of Topliss-reactive ketones (excluding diaryl/α,β-unsaturated/α-hetero) is 3. The maximum atomic E-state index is 14.2. The molecule has 7 rings (SSSR count). The Hall–Kier alpha value is -1.90. The highest BCUT2D eigenvalue weighted by atomic mass is 16.6. The lowest BCUT2D eigenvalue weighted by Gasteiger charge is -2.73. The highest BCUT2D eigenvalue weighted by Gasteiger charge is 2.88. The third-order valence-corrected chi connectivity index (χ3v) is 12.4. The van der Waals surface area contributed by atoms with Crippen molar-refractivity contribution in [3.05, 3.63) is 12.2 Å². The molecular formula is C33H46O8. The Morgan fingerprint density at radius 2 is 1.73 bits per heavy atom. The number of hydrogen-bond acceptors (Lipinski definition) is 8. The van der Waals surface area contributed by atoms with Crippen LogP contribution in [0, 0.1) is 51.2 Å². The summed E-state index contributed by atoms with van der Waals surface area (Å²) >= 11 is 0. The second-order valence-corrected chi connectivity index (χ2v) is 15.8. The van der Waals surface area contributed by atoms with E-state index in [0.29, 0.717) is 44.9 Å². The zero-order valence-electron chi connectivity index (χ0n) is 25.2. The fraction of sp³-hybridized carbons (Fsp3) is 0.818. The van der Waals surface area contributed by atoms with E-state index in [4.69, 9.17) is 9.47 Å². The number of hydrogen-bond donors (Lipinski definition) is 2. The van der Waals surface area contributed by atoms with E-state index in [1.165, 1.54) is 0 Å². The Morgan fingerprint density at radius 1 is 1.07 bits per heavy atom. The summed E-state index contributed by atoms with van der Waals surface area (Å²) < 4.78 is 12.3. The van der Waals surface area contributed by atoms with Gasteiger partial charge in [-0.25, -0.2) is 0 Å². The van der Waals surface area contributed by atoms with Crippen molar-refractivity contribution < 1.29 is 38.9 Å². The van der Waals surface area contributed by atoms with E-state index < -0.39 is 63.7 Å². The first-order chi connectivity index (χ1) is 19.0. The van der Waals surface area contributed by atoms with E-state index >= 15 is 0 Å². The summed E-state index contributed by atoms with van der Waals surface area (Å²) in [5.41, 5.74) is -3.47. The van der Waals surface area contributed by atoms with Crippen LogP contribution in [0.1, 0.15) is 92.4 Å². The topological polar surface area (TPSA) is 127 Å². The van der Waals surface area contributed by atoms with Crippen LogP contribution in [-0.4, -0.2) is 58.1 Å². The molecule has 41 heavy (non-hydrogen) atoms. The fourth-order valence-electron chi connectivity index (χ4n) is 10.2. The maximum Gasteiger partial charge on any atom is 0.309 e. The summed E-state index contributed by atoms with van der Waals surface area (Å²) in [6.07, 6.45) is 2.54. The lowest BCUT2D eigenvalue weighted by atomic mass is 9.36. The van der Waals surface area contributed by atoms with Crippen LogP contribution in [0.3, 0.4) is 0 Å². The molecule has 5 saturated carbocycles. The van der Waals surface area contributed by atoms with Gasteiger partial charge in [-0.2, -0.15) is 0 Å².